The van der Waals surface area contributed by atoms with Gasteiger partial charge in [0, 0.05) is 19.7 Å². The maximum atomic E-state index is 9.44. The number of rotatable bonds is 6. The van der Waals surface area contributed by atoms with Crippen molar-refractivity contribution in [2.45, 2.75) is 19.1 Å². The smallest absolute Gasteiger partial charge is 0.0931 e. The number of hydrogen-bond donors (Lipinski definition) is 2. The van der Waals surface area contributed by atoms with E-state index in [1.54, 1.807) is 7.11 Å². The molecule has 1 heterocycles. The summed E-state index contributed by atoms with van der Waals surface area (Å²) in [4.78, 5) is 0. The van der Waals surface area contributed by atoms with Crippen LogP contribution in [0.1, 0.15) is 18.5 Å². The number of thiophene rings is 1. The Balaban J connectivity index is 2.33. The molecule has 3 nitrogen and oxygen atoms in total. The summed E-state index contributed by atoms with van der Waals surface area (Å²) in [5.41, 5.74) is 1.15. The van der Waals surface area contributed by atoms with Gasteiger partial charge in [0.25, 0.3) is 0 Å². The van der Waals surface area contributed by atoms with Crippen LogP contribution < -0.4 is 5.32 Å². The molecule has 0 radical (unpaired) electrons. The van der Waals surface area contributed by atoms with E-state index in [1.165, 1.54) is 11.3 Å². The van der Waals surface area contributed by atoms with Crippen LogP contribution >= 0.6 is 22.9 Å². The molecule has 2 unspecified atom stereocenters. The standard InChI is InChI=1S/C10H16ClNO2S/c1-7(8-3-10(11)15-6-8)12-4-9(13)5-14-2/h3,6-7,9,12-13H,4-5H2,1-2H3. The van der Waals surface area contributed by atoms with Crippen LogP contribution in [0.25, 0.3) is 0 Å². The Hall–Kier alpha value is -0.130. The van der Waals surface area contributed by atoms with E-state index in [4.69, 9.17) is 16.3 Å². The lowest BCUT2D eigenvalue weighted by atomic mass is 10.2. The molecular formula is C10H16ClNO2S. The minimum absolute atomic E-state index is 0.195. The van der Waals surface area contributed by atoms with Gasteiger partial charge in [-0.2, -0.15) is 0 Å². The van der Waals surface area contributed by atoms with E-state index in [2.05, 4.69) is 5.32 Å². The highest BCUT2D eigenvalue weighted by Gasteiger charge is 2.09. The largest absolute Gasteiger partial charge is 0.389 e. The van der Waals surface area contributed by atoms with Gasteiger partial charge < -0.3 is 15.2 Å². The maximum absolute atomic E-state index is 9.44. The average molecular weight is 250 g/mol. The third-order valence-electron chi connectivity index (χ3n) is 2.11. The molecule has 0 saturated carbocycles. The average Bonchev–Trinajstić information content (AvgIpc) is 2.62. The first kappa shape index (κ1) is 12.9. The SMILES string of the molecule is COCC(O)CNC(C)c1csc(Cl)c1. The molecule has 15 heavy (non-hydrogen) atoms. The maximum Gasteiger partial charge on any atom is 0.0931 e. The Labute approximate surface area is 99.0 Å². The summed E-state index contributed by atoms with van der Waals surface area (Å²) in [5, 5.41) is 14.7. The fraction of sp³-hybridized carbons (Fsp3) is 0.600. The van der Waals surface area contributed by atoms with Crippen molar-refractivity contribution in [1.29, 1.82) is 0 Å². The van der Waals surface area contributed by atoms with Crippen molar-refractivity contribution in [2.24, 2.45) is 0 Å². The number of methoxy groups -OCH3 is 1. The Morgan fingerprint density at radius 3 is 2.93 bits per heavy atom. The molecule has 0 bridgehead atoms. The van der Waals surface area contributed by atoms with Crippen LogP contribution in [0.4, 0.5) is 0 Å². The second kappa shape index (κ2) is 6.45. The van der Waals surface area contributed by atoms with Crippen LogP contribution in [-0.2, 0) is 4.74 Å². The second-order valence-electron chi connectivity index (χ2n) is 3.42. The molecule has 0 aliphatic carbocycles. The van der Waals surface area contributed by atoms with Crippen LogP contribution in [0.5, 0.6) is 0 Å². The van der Waals surface area contributed by atoms with Crippen molar-refractivity contribution >= 4 is 22.9 Å². The molecule has 0 aliphatic rings. The first-order valence-electron chi connectivity index (χ1n) is 4.77. The molecule has 0 fully saturated rings. The van der Waals surface area contributed by atoms with E-state index in [-0.39, 0.29) is 6.04 Å². The quantitative estimate of drug-likeness (QED) is 0.811. The zero-order valence-corrected chi connectivity index (χ0v) is 10.4. The number of aliphatic hydroxyl groups excluding tert-OH is 1. The molecule has 0 amide bonds. The number of halogens is 1. The lowest BCUT2D eigenvalue weighted by molar-refractivity contribution is 0.0630. The first-order valence-corrected chi connectivity index (χ1v) is 6.03. The highest BCUT2D eigenvalue weighted by Crippen LogP contribution is 2.24. The van der Waals surface area contributed by atoms with Gasteiger partial charge in [0.1, 0.15) is 0 Å². The fourth-order valence-corrected chi connectivity index (χ4v) is 2.22. The van der Waals surface area contributed by atoms with E-state index in [1.807, 2.05) is 18.4 Å². The number of ether oxygens (including phenoxy) is 1. The molecule has 1 aromatic rings. The fourth-order valence-electron chi connectivity index (χ4n) is 1.23. The minimum atomic E-state index is -0.466. The Morgan fingerprint density at radius 2 is 2.40 bits per heavy atom. The van der Waals surface area contributed by atoms with Crippen molar-refractivity contribution in [3.63, 3.8) is 0 Å². The third-order valence-corrected chi connectivity index (χ3v) is 3.22. The molecule has 1 rings (SSSR count). The monoisotopic (exact) mass is 249 g/mol. The zero-order chi connectivity index (χ0) is 11.3. The van der Waals surface area contributed by atoms with Crippen molar-refractivity contribution in [3.05, 3.63) is 21.3 Å². The lowest BCUT2D eigenvalue weighted by Crippen LogP contribution is -2.31. The Morgan fingerprint density at radius 1 is 1.67 bits per heavy atom. The van der Waals surface area contributed by atoms with Gasteiger partial charge in [-0.15, -0.1) is 11.3 Å². The van der Waals surface area contributed by atoms with E-state index in [0.717, 1.165) is 9.90 Å². The summed E-state index contributed by atoms with van der Waals surface area (Å²) >= 11 is 7.35. The van der Waals surface area contributed by atoms with E-state index in [9.17, 15) is 5.11 Å². The highest BCUT2D eigenvalue weighted by molar-refractivity contribution is 7.14. The molecule has 0 saturated heterocycles. The molecule has 5 heteroatoms. The summed E-state index contributed by atoms with van der Waals surface area (Å²) in [7, 11) is 1.57. The van der Waals surface area contributed by atoms with Gasteiger partial charge in [-0.25, -0.2) is 0 Å². The van der Waals surface area contributed by atoms with Crippen LogP contribution in [0.2, 0.25) is 4.34 Å². The summed E-state index contributed by atoms with van der Waals surface area (Å²) in [6, 6.07) is 2.13. The van der Waals surface area contributed by atoms with E-state index < -0.39 is 6.10 Å². The van der Waals surface area contributed by atoms with Gasteiger partial charge in [0.2, 0.25) is 0 Å². The summed E-state index contributed by atoms with van der Waals surface area (Å²) in [6.07, 6.45) is -0.466. The summed E-state index contributed by atoms with van der Waals surface area (Å²) < 4.78 is 5.62. The highest BCUT2D eigenvalue weighted by atomic mass is 35.5. The molecule has 0 aliphatic heterocycles. The normalized spacial score (nSPS) is 15.2. The topological polar surface area (TPSA) is 41.5 Å². The predicted octanol–water partition coefficient (Wildman–Crippen LogP) is 2.06. The lowest BCUT2D eigenvalue weighted by Gasteiger charge is -2.15. The van der Waals surface area contributed by atoms with Gasteiger partial charge in [-0.1, -0.05) is 11.6 Å². The van der Waals surface area contributed by atoms with Gasteiger partial charge >= 0.3 is 0 Å². The zero-order valence-electron chi connectivity index (χ0n) is 8.87. The van der Waals surface area contributed by atoms with Crippen molar-refractivity contribution in [3.8, 4) is 0 Å². The third kappa shape index (κ3) is 4.49. The molecule has 0 spiro atoms. The number of aliphatic hydroxyl groups is 1. The molecule has 0 aromatic carbocycles. The molecule has 86 valence electrons. The van der Waals surface area contributed by atoms with E-state index in [0.29, 0.717) is 13.2 Å². The first-order chi connectivity index (χ1) is 7.13. The van der Waals surface area contributed by atoms with Gasteiger partial charge in [0.05, 0.1) is 17.0 Å². The molecular weight excluding hydrogens is 234 g/mol. The van der Waals surface area contributed by atoms with Gasteiger partial charge in [0.15, 0.2) is 0 Å². The molecule has 1 aromatic heterocycles. The van der Waals surface area contributed by atoms with E-state index >= 15 is 0 Å². The predicted molar refractivity (Wildman–Crippen MR) is 63.6 cm³/mol. The second-order valence-corrected chi connectivity index (χ2v) is 4.97. The molecule has 2 N–H and O–H groups in total. The van der Waals surface area contributed by atoms with Gasteiger partial charge in [-0.05, 0) is 23.9 Å². The Kier molecular flexibility index (Phi) is 5.56. The van der Waals surface area contributed by atoms with Crippen LogP contribution in [0.15, 0.2) is 11.4 Å². The summed E-state index contributed by atoms with van der Waals surface area (Å²) in [6.45, 7) is 2.91. The van der Waals surface area contributed by atoms with Crippen molar-refractivity contribution in [2.75, 3.05) is 20.3 Å². The van der Waals surface area contributed by atoms with Crippen molar-refractivity contribution < 1.29 is 9.84 Å². The van der Waals surface area contributed by atoms with Gasteiger partial charge in [-0.3, -0.25) is 0 Å². The Bertz CT molecular complexity index is 293. The van der Waals surface area contributed by atoms with Crippen molar-refractivity contribution in [1.82, 2.24) is 5.32 Å². The summed E-state index contributed by atoms with van der Waals surface area (Å²) in [5.74, 6) is 0. The van der Waals surface area contributed by atoms with Crippen LogP contribution in [0.3, 0.4) is 0 Å². The molecule has 2 atom stereocenters. The number of nitrogens with one attached hydrogen (secondary N) is 1. The number of hydrogen-bond acceptors (Lipinski definition) is 4. The minimum Gasteiger partial charge on any atom is -0.389 e. The van der Waals surface area contributed by atoms with Crippen LogP contribution in [-0.4, -0.2) is 31.5 Å². The van der Waals surface area contributed by atoms with Crippen LogP contribution in [0, 0.1) is 0 Å².